The van der Waals surface area contributed by atoms with Gasteiger partial charge in [-0.15, -0.1) is 23.7 Å². The number of hydrogen-bond acceptors (Lipinski definition) is 2. The summed E-state index contributed by atoms with van der Waals surface area (Å²) in [6.45, 7) is 2.05. The first-order chi connectivity index (χ1) is 9.16. The highest BCUT2D eigenvalue weighted by molar-refractivity contribution is 7.17. The maximum absolute atomic E-state index is 6.36. The molecular formula is C15H16Cl3NS. The van der Waals surface area contributed by atoms with Crippen LogP contribution in [0, 0.1) is 0 Å². The lowest BCUT2D eigenvalue weighted by Crippen LogP contribution is -2.24. The maximum atomic E-state index is 6.36. The number of thiophene rings is 1. The van der Waals surface area contributed by atoms with Crippen molar-refractivity contribution in [2.45, 2.75) is 12.3 Å². The van der Waals surface area contributed by atoms with Crippen molar-refractivity contribution in [3.8, 4) is 0 Å². The minimum absolute atomic E-state index is 0. The van der Waals surface area contributed by atoms with Crippen LogP contribution in [-0.4, -0.2) is 25.0 Å². The predicted molar refractivity (Wildman–Crippen MR) is 91.1 cm³/mol. The van der Waals surface area contributed by atoms with Crippen molar-refractivity contribution in [2.75, 3.05) is 20.1 Å². The molecule has 3 rings (SSSR count). The molecule has 0 radical (unpaired) electrons. The highest BCUT2D eigenvalue weighted by atomic mass is 35.5. The van der Waals surface area contributed by atoms with Gasteiger partial charge in [0.25, 0.3) is 0 Å². The molecule has 0 saturated heterocycles. The van der Waals surface area contributed by atoms with Crippen molar-refractivity contribution in [3.05, 3.63) is 55.7 Å². The highest BCUT2D eigenvalue weighted by Gasteiger charge is 2.27. The Bertz CT molecular complexity index is 582. The SMILES string of the molecule is CN1CCc2c(sc(Cl)c2Cl)C(c2ccccc2)C1.Cl. The Morgan fingerprint density at radius 2 is 1.90 bits per heavy atom. The van der Waals surface area contributed by atoms with Crippen molar-refractivity contribution >= 4 is 46.9 Å². The summed E-state index contributed by atoms with van der Waals surface area (Å²) in [5, 5.41) is 0.762. The molecule has 1 atom stereocenters. The van der Waals surface area contributed by atoms with Crippen LogP contribution in [0.1, 0.15) is 21.9 Å². The third-order valence-electron chi connectivity index (χ3n) is 3.69. The van der Waals surface area contributed by atoms with Crippen LogP contribution in [0.25, 0.3) is 0 Å². The molecule has 0 N–H and O–H groups in total. The van der Waals surface area contributed by atoms with Gasteiger partial charge >= 0.3 is 0 Å². The normalized spacial score (nSPS) is 19.1. The molecule has 0 saturated carbocycles. The first-order valence-electron chi connectivity index (χ1n) is 6.37. The molecular weight excluding hydrogens is 333 g/mol. The second-order valence-electron chi connectivity index (χ2n) is 5.01. The van der Waals surface area contributed by atoms with Gasteiger partial charge in [-0.05, 0) is 24.6 Å². The lowest BCUT2D eigenvalue weighted by molar-refractivity contribution is 0.338. The molecule has 108 valence electrons. The zero-order chi connectivity index (χ0) is 13.4. The van der Waals surface area contributed by atoms with Crippen LogP contribution in [0.4, 0.5) is 0 Å². The van der Waals surface area contributed by atoms with Crippen LogP contribution in [0.3, 0.4) is 0 Å². The Morgan fingerprint density at radius 1 is 1.20 bits per heavy atom. The molecule has 2 aromatic rings. The van der Waals surface area contributed by atoms with Gasteiger partial charge in [0.05, 0.1) is 5.02 Å². The fraction of sp³-hybridized carbons (Fsp3) is 0.333. The van der Waals surface area contributed by atoms with Crippen LogP contribution in [-0.2, 0) is 6.42 Å². The summed E-state index contributed by atoms with van der Waals surface area (Å²) in [6, 6.07) is 10.6. The number of nitrogens with zero attached hydrogens (tertiary/aromatic N) is 1. The Kier molecular flexibility index (Phi) is 5.38. The molecule has 1 aliphatic heterocycles. The highest BCUT2D eigenvalue weighted by Crippen LogP contribution is 2.44. The summed E-state index contributed by atoms with van der Waals surface area (Å²) in [6.07, 6.45) is 0.983. The Morgan fingerprint density at radius 3 is 2.60 bits per heavy atom. The van der Waals surface area contributed by atoms with E-state index in [1.807, 2.05) is 0 Å². The minimum atomic E-state index is 0. The zero-order valence-electron chi connectivity index (χ0n) is 11.1. The number of rotatable bonds is 1. The van der Waals surface area contributed by atoms with E-state index in [1.165, 1.54) is 16.0 Å². The largest absolute Gasteiger partial charge is 0.305 e. The third-order valence-corrected chi connectivity index (χ3v) is 5.87. The Balaban J connectivity index is 0.00000147. The van der Waals surface area contributed by atoms with Crippen LogP contribution < -0.4 is 0 Å². The van der Waals surface area contributed by atoms with Crippen LogP contribution in [0.5, 0.6) is 0 Å². The average molecular weight is 349 g/mol. The zero-order valence-corrected chi connectivity index (χ0v) is 14.2. The van der Waals surface area contributed by atoms with Gasteiger partial charge in [-0.1, -0.05) is 53.5 Å². The predicted octanol–water partition coefficient (Wildman–Crippen LogP) is 5.10. The van der Waals surface area contributed by atoms with E-state index in [1.54, 1.807) is 11.3 Å². The first-order valence-corrected chi connectivity index (χ1v) is 7.94. The lowest BCUT2D eigenvalue weighted by atomic mass is 9.95. The lowest BCUT2D eigenvalue weighted by Gasteiger charge is -2.20. The van der Waals surface area contributed by atoms with E-state index >= 15 is 0 Å². The number of halogens is 3. The van der Waals surface area contributed by atoms with Crippen LogP contribution in [0.2, 0.25) is 9.36 Å². The van der Waals surface area contributed by atoms with E-state index in [0.29, 0.717) is 5.92 Å². The van der Waals surface area contributed by atoms with Crippen molar-refractivity contribution in [2.24, 2.45) is 0 Å². The van der Waals surface area contributed by atoms with Gasteiger partial charge in [0.1, 0.15) is 4.34 Å². The topological polar surface area (TPSA) is 3.24 Å². The summed E-state index contributed by atoms with van der Waals surface area (Å²) in [5.74, 6) is 0.374. The molecule has 0 spiro atoms. The monoisotopic (exact) mass is 347 g/mol. The number of hydrogen-bond donors (Lipinski definition) is 0. The van der Waals surface area contributed by atoms with E-state index < -0.39 is 0 Å². The molecule has 0 fully saturated rings. The van der Waals surface area contributed by atoms with Crippen molar-refractivity contribution in [3.63, 3.8) is 0 Å². The van der Waals surface area contributed by atoms with E-state index in [2.05, 4.69) is 42.3 Å². The van der Waals surface area contributed by atoms with Gasteiger partial charge in [-0.25, -0.2) is 0 Å². The van der Waals surface area contributed by atoms with E-state index in [-0.39, 0.29) is 12.4 Å². The van der Waals surface area contributed by atoms with Crippen LogP contribution >= 0.6 is 46.9 Å². The molecule has 1 aliphatic rings. The van der Waals surface area contributed by atoms with E-state index in [4.69, 9.17) is 23.2 Å². The Hall–Kier alpha value is -0.250. The molecule has 0 bridgehead atoms. The third kappa shape index (κ3) is 3.00. The summed E-state index contributed by atoms with van der Waals surface area (Å²) in [7, 11) is 2.17. The fourth-order valence-electron chi connectivity index (χ4n) is 2.67. The molecule has 1 aromatic carbocycles. The molecule has 0 aliphatic carbocycles. The van der Waals surface area contributed by atoms with Crippen molar-refractivity contribution in [1.29, 1.82) is 0 Å². The van der Waals surface area contributed by atoms with Crippen molar-refractivity contribution < 1.29 is 0 Å². The van der Waals surface area contributed by atoms with E-state index in [9.17, 15) is 0 Å². The fourth-order valence-corrected chi connectivity index (χ4v) is 4.49. The molecule has 1 unspecified atom stereocenters. The molecule has 20 heavy (non-hydrogen) atoms. The molecule has 1 nitrogen and oxygen atoms in total. The smallest absolute Gasteiger partial charge is 0.112 e. The maximum Gasteiger partial charge on any atom is 0.112 e. The molecule has 1 aromatic heterocycles. The van der Waals surface area contributed by atoms with Gasteiger partial charge in [0.15, 0.2) is 0 Å². The first kappa shape index (κ1) is 16.1. The average Bonchev–Trinajstić information content (AvgIpc) is 2.60. The van der Waals surface area contributed by atoms with E-state index in [0.717, 1.165) is 28.9 Å². The number of likely N-dealkylation sites (N-methyl/N-ethyl adjacent to an activating group) is 1. The minimum Gasteiger partial charge on any atom is -0.305 e. The summed E-state index contributed by atoms with van der Waals surface area (Å²) in [5.41, 5.74) is 2.59. The standard InChI is InChI=1S/C15H15Cl2NS.ClH/c1-18-8-7-11-13(16)15(17)19-14(11)12(9-18)10-5-3-2-4-6-10;/h2-6,12H,7-9H2,1H3;1H. The van der Waals surface area contributed by atoms with Gasteiger partial charge in [0, 0.05) is 23.9 Å². The number of benzene rings is 1. The summed E-state index contributed by atoms with van der Waals surface area (Å²) >= 11 is 14.2. The molecule has 5 heteroatoms. The second-order valence-corrected chi connectivity index (χ2v) is 7.04. The number of fused-ring (bicyclic) bond motifs is 1. The summed E-state index contributed by atoms with van der Waals surface area (Å²) in [4.78, 5) is 3.71. The van der Waals surface area contributed by atoms with Crippen LogP contribution in [0.15, 0.2) is 30.3 Å². The van der Waals surface area contributed by atoms with Gasteiger partial charge in [0.2, 0.25) is 0 Å². The molecule has 0 amide bonds. The van der Waals surface area contributed by atoms with Gasteiger partial charge < -0.3 is 4.90 Å². The van der Waals surface area contributed by atoms with Gasteiger partial charge in [-0.2, -0.15) is 0 Å². The van der Waals surface area contributed by atoms with Crippen molar-refractivity contribution in [1.82, 2.24) is 4.90 Å². The van der Waals surface area contributed by atoms with Gasteiger partial charge in [-0.3, -0.25) is 0 Å². The second kappa shape index (κ2) is 6.67. The quantitative estimate of drug-likeness (QED) is 0.693. The molecule has 2 heterocycles. The Labute approximate surface area is 139 Å². The summed E-state index contributed by atoms with van der Waals surface area (Å²) < 4.78 is 0.733.